The number of fused-ring (bicyclic) bond motifs is 4. The highest BCUT2D eigenvalue weighted by molar-refractivity contribution is 6.07. The molecule has 5 heterocycles. The fourth-order valence-electron chi connectivity index (χ4n) is 7.01. The molecule has 244 valence electrons. The number of aryl methyl sites for hydroxylation is 1. The fraction of sp³-hybridized carbons (Fsp3) is 0.469. The molecule has 2 aromatic heterocycles. The Hall–Kier alpha value is -4.19. The van der Waals surface area contributed by atoms with Gasteiger partial charge in [-0.15, -0.1) is 0 Å². The highest BCUT2D eigenvalue weighted by Crippen LogP contribution is 2.48. The van der Waals surface area contributed by atoms with Crippen molar-refractivity contribution in [3.63, 3.8) is 0 Å². The number of nitrogens with two attached hydrogens (primary N) is 2. The Morgan fingerprint density at radius 2 is 1.80 bits per heavy atom. The molecule has 3 fully saturated rings. The number of methoxy groups -OCH3 is 1. The van der Waals surface area contributed by atoms with Gasteiger partial charge in [0.05, 0.1) is 29.4 Å². The highest BCUT2D eigenvalue weighted by Gasteiger charge is 2.40. The van der Waals surface area contributed by atoms with Crippen molar-refractivity contribution < 1.29 is 22.3 Å². The van der Waals surface area contributed by atoms with E-state index in [0.717, 1.165) is 25.5 Å². The zero-order valence-corrected chi connectivity index (χ0v) is 26.2. The van der Waals surface area contributed by atoms with E-state index in [2.05, 4.69) is 22.2 Å². The third-order valence-corrected chi connectivity index (χ3v) is 9.55. The van der Waals surface area contributed by atoms with E-state index < -0.39 is 23.1 Å². The van der Waals surface area contributed by atoms with Crippen molar-refractivity contribution in [3.8, 4) is 23.2 Å². The van der Waals surface area contributed by atoms with Gasteiger partial charge in [-0.2, -0.15) is 28.4 Å². The van der Waals surface area contributed by atoms with Crippen molar-refractivity contribution >= 4 is 33.3 Å². The summed E-state index contributed by atoms with van der Waals surface area (Å²) in [6, 6.07) is 6.83. The minimum atomic E-state index is -4.92. The molecule has 7 rings (SSSR count). The summed E-state index contributed by atoms with van der Waals surface area (Å²) in [5.74, 6) is 4.54. The third-order valence-electron chi connectivity index (χ3n) is 9.55. The number of nitrogen functional groups attached to an aromatic ring is 1. The molecule has 0 radical (unpaired) electrons. The number of hydrogen-bond donors (Lipinski definition) is 3. The maximum Gasteiger partial charge on any atom is 0.417 e. The number of hydrogen-bond acceptors (Lipinski definition) is 9. The first kappa shape index (κ1) is 31.8. The van der Waals surface area contributed by atoms with E-state index in [1.165, 1.54) is 26.0 Å². The predicted octanol–water partition coefficient (Wildman–Crippen LogP) is 5.00. The molecule has 3 aliphatic rings. The van der Waals surface area contributed by atoms with Crippen LogP contribution in [0.2, 0.25) is 0 Å². The Bertz CT molecular complexity index is 1850. The lowest BCUT2D eigenvalue weighted by Gasteiger charge is -2.34. The van der Waals surface area contributed by atoms with Gasteiger partial charge in [0.2, 0.25) is 0 Å². The summed E-state index contributed by atoms with van der Waals surface area (Å²) >= 11 is 0. The van der Waals surface area contributed by atoms with Crippen LogP contribution in [0.3, 0.4) is 0 Å². The average Bonchev–Trinajstić information content (AvgIpc) is 3.65. The van der Waals surface area contributed by atoms with Crippen LogP contribution in [0.4, 0.5) is 29.1 Å². The van der Waals surface area contributed by atoms with E-state index in [-0.39, 0.29) is 57.0 Å². The molecule has 46 heavy (non-hydrogen) atoms. The van der Waals surface area contributed by atoms with E-state index >= 15 is 4.39 Å². The number of alkyl halides is 3. The minimum Gasteiger partial charge on any atom is -0.467 e. The molecule has 0 spiro atoms. The van der Waals surface area contributed by atoms with Crippen LogP contribution in [0.1, 0.15) is 49.4 Å². The number of rotatable bonds is 3. The van der Waals surface area contributed by atoms with Crippen LogP contribution >= 0.6 is 0 Å². The summed E-state index contributed by atoms with van der Waals surface area (Å²) in [7, 11) is 2.97. The maximum atomic E-state index is 16.6. The lowest BCUT2D eigenvalue weighted by molar-refractivity contribution is -0.137. The second-order valence-corrected chi connectivity index (χ2v) is 12.4. The van der Waals surface area contributed by atoms with Gasteiger partial charge in [0.1, 0.15) is 17.4 Å². The lowest BCUT2D eigenvalue weighted by Crippen LogP contribution is -2.51. The van der Waals surface area contributed by atoms with Crippen molar-refractivity contribution in [1.29, 1.82) is 5.26 Å². The standard InChI is InChI=1S/C27H25F4N7O.C5H12N2/c1-12-20(21-16(9-32)18(33)6-7-19(21)37(12)2)22-17(27(29,30)31)8-15-24(23(22)28)35-26(39-3)36-25(15)38-10-13-4-5-14(11-38)34-13;1-5-3-2-4-7(5)6/h6-8,13-14,34H,4-5,10-11,33H2,1-3H3;5H,2-4,6H2,1H3. The van der Waals surface area contributed by atoms with Crippen LogP contribution in [0, 0.1) is 24.1 Å². The van der Waals surface area contributed by atoms with Gasteiger partial charge in [-0.3, -0.25) is 5.84 Å². The van der Waals surface area contributed by atoms with Crippen molar-refractivity contribution in [2.75, 3.05) is 37.4 Å². The number of anilines is 2. The average molecular weight is 640 g/mol. The van der Waals surface area contributed by atoms with Gasteiger partial charge >= 0.3 is 12.2 Å². The first-order valence-electron chi connectivity index (χ1n) is 15.3. The summed E-state index contributed by atoms with van der Waals surface area (Å²) in [5.41, 5.74) is 4.69. The molecule has 14 heteroatoms. The van der Waals surface area contributed by atoms with Gasteiger partial charge in [-0.25, -0.2) is 9.40 Å². The summed E-state index contributed by atoms with van der Waals surface area (Å²) in [6.07, 6.45) is -0.489. The molecule has 3 aliphatic heterocycles. The summed E-state index contributed by atoms with van der Waals surface area (Å²) in [4.78, 5) is 10.4. The fourth-order valence-corrected chi connectivity index (χ4v) is 7.01. The van der Waals surface area contributed by atoms with Crippen LogP contribution in [0.25, 0.3) is 32.9 Å². The van der Waals surface area contributed by atoms with Crippen molar-refractivity contribution in [2.24, 2.45) is 12.9 Å². The number of nitrogens with zero attached hydrogens (tertiary/aromatic N) is 6. The minimum absolute atomic E-state index is 0.0175. The van der Waals surface area contributed by atoms with Crippen molar-refractivity contribution in [3.05, 3.63) is 40.8 Å². The van der Waals surface area contributed by atoms with Gasteiger partial charge in [-0.05, 0) is 57.7 Å². The van der Waals surface area contributed by atoms with Gasteiger partial charge in [0.15, 0.2) is 5.82 Å². The molecule has 10 nitrogen and oxygen atoms in total. The molecule has 0 amide bonds. The largest absolute Gasteiger partial charge is 0.467 e. The molecule has 5 N–H and O–H groups in total. The van der Waals surface area contributed by atoms with E-state index in [1.54, 1.807) is 24.6 Å². The first-order valence-corrected chi connectivity index (χ1v) is 15.3. The van der Waals surface area contributed by atoms with Crippen LogP contribution in [-0.2, 0) is 13.2 Å². The number of halogens is 4. The van der Waals surface area contributed by atoms with Crippen LogP contribution < -0.4 is 26.5 Å². The second-order valence-electron chi connectivity index (χ2n) is 12.4. The number of benzene rings is 2. The van der Waals surface area contributed by atoms with E-state index in [1.807, 2.05) is 16.0 Å². The first-order chi connectivity index (χ1) is 21.8. The Balaban J connectivity index is 0.000000471. The number of aromatic nitrogens is 3. The van der Waals surface area contributed by atoms with Gasteiger partial charge < -0.3 is 25.3 Å². The molecule has 4 aromatic rings. The molecule has 3 atom stereocenters. The number of nitrogens with one attached hydrogen (secondary N) is 1. The van der Waals surface area contributed by atoms with E-state index in [4.69, 9.17) is 16.3 Å². The van der Waals surface area contributed by atoms with E-state index in [9.17, 15) is 18.4 Å². The van der Waals surface area contributed by atoms with Crippen molar-refractivity contribution in [1.82, 2.24) is 24.9 Å². The van der Waals surface area contributed by atoms with Crippen molar-refractivity contribution in [2.45, 2.75) is 63.8 Å². The number of hydrazine groups is 1. The Labute approximate surface area is 263 Å². The zero-order chi connectivity index (χ0) is 33.1. The molecule has 3 unspecified atom stereocenters. The Morgan fingerprint density at radius 1 is 1.11 bits per heavy atom. The molecule has 2 aromatic carbocycles. The quantitative estimate of drug-likeness (QED) is 0.161. The molecular weight excluding hydrogens is 602 g/mol. The lowest BCUT2D eigenvalue weighted by atomic mass is 9.92. The van der Waals surface area contributed by atoms with Gasteiger partial charge in [0, 0.05) is 72.4 Å². The van der Waals surface area contributed by atoms with Crippen LogP contribution in [-0.4, -0.2) is 64.4 Å². The third kappa shape index (κ3) is 5.36. The van der Waals surface area contributed by atoms with E-state index in [0.29, 0.717) is 30.3 Å². The monoisotopic (exact) mass is 639 g/mol. The molecule has 0 saturated carbocycles. The normalized spacial score (nSPS) is 21.5. The summed E-state index contributed by atoms with van der Waals surface area (Å²) < 4.78 is 67.7. The Kier molecular flexibility index (Phi) is 8.20. The van der Waals surface area contributed by atoms with Crippen LogP contribution in [0.15, 0.2) is 18.2 Å². The maximum absolute atomic E-state index is 16.6. The molecule has 2 bridgehead atoms. The molecule has 0 aliphatic carbocycles. The second kappa shape index (κ2) is 11.9. The van der Waals surface area contributed by atoms with Crippen LogP contribution in [0.5, 0.6) is 6.01 Å². The predicted molar refractivity (Wildman–Crippen MR) is 169 cm³/mol. The number of piperazine rings is 1. The summed E-state index contributed by atoms with van der Waals surface area (Å²) in [5, 5.41) is 15.3. The SMILES string of the molecule is CC1CCCN1N.COc1nc(N2CC3CCC(C2)N3)c2cc(C(F)(F)F)c(-c3c(C)n(C)c4ccc(N)c(C#N)c34)c(F)c2n1. The Morgan fingerprint density at radius 3 is 2.35 bits per heavy atom. The highest BCUT2D eigenvalue weighted by atomic mass is 19.4. The number of ether oxygens (including phenoxy) is 1. The molecule has 3 saturated heterocycles. The topological polar surface area (TPSA) is 134 Å². The zero-order valence-electron chi connectivity index (χ0n) is 26.2. The van der Waals surface area contributed by atoms with Gasteiger partial charge in [-0.1, -0.05) is 0 Å². The number of nitriles is 1. The summed E-state index contributed by atoms with van der Waals surface area (Å²) in [6.45, 7) is 5.86. The van der Waals surface area contributed by atoms with Gasteiger partial charge in [0.25, 0.3) is 0 Å². The molecular formula is C32H37F4N9O. The smallest absolute Gasteiger partial charge is 0.417 e.